The highest BCUT2D eigenvalue weighted by Gasteiger charge is 2.34. The Morgan fingerprint density at radius 3 is 2.50 bits per heavy atom. The molecule has 0 amide bonds. The second kappa shape index (κ2) is 6.84. The second-order valence-corrected chi connectivity index (χ2v) is 6.11. The fraction of sp³-hybridized carbons (Fsp3) is 0.263. The van der Waals surface area contributed by atoms with Crippen LogP contribution >= 0.6 is 0 Å². The SMILES string of the molecule is CC(C)C(O)(Cn1cncn1)c1cccc(Oc2ccccc2)c1. The van der Waals surface area contributed by atoms with Gasteiger partial charge >= 0.3 is 0 Å². The van der Waals surface area contributed by atoms with Crippen molar-refractivity contribution in [2.24, 2.45) is 5.92 Å². The predicted molar refractivity (Wildman–Crippen MR) is 91.7 cm³/mol. The Labute approximate surface area is 141 Å². The highest BCUT2D eigenvalue weighted by atomic mass is 16.5. The molecule has 0 saturated carbocycles. The summed E-state index contributed by atoms with van der Waals surface area (Å²) in [5.41, 5.74) is -0.273. The van der Waals surface area contributed by atoms with E-state index in [-0.39, 0.29) is 5.92 Å². The summed E-state index contributed by atoms with van der Waals surface area (Å²) in [4.78, 5) is 3.95. The van der Waals surface area contributed by atoms with Crippen LogP contribution in [0.3, 0.4) is 0 Å². The van der Waals surface area contributed by atoms with Crippen LogP contribution < -0.4 is 4.74 Å². The molecular weight excluding hydrogens is 302 g/mol. The van der Waals surface area contributed by atoms with Gasteiger partial charge in [0.2, 0.25) is 0 Å². The zero-order chi connectivity index (χ0) is 17.0. The largest absolute Gasteiger partial charge is 0.457 e. The Bertz CT molecular complexity index is 772. The van der Waals surface area contributed by atoms with Crippen LogP contribution in [-0.2, 0) is 12.1 Å². The van der Waals surface area contributed by atoms with Gasteiger partial charge < -0.3 is 9.84 Å². The fourth-order valence-electron chi connectivity index (χ4n) is 2.62. The molecule has 5 heteroatoms. The maximum Gasteiger partial charge on any atom is 0.137 e. The molecule has 3 rings (SSSR count). The first-order valence-electron chi connectivity index (χ1n) is 7.96. The van der Waals surface area contributed by atoms with Gasteiger partial charge in [0.25, 0.3) is 0 Å². The van der Waals surface area contributed by atoms with Crippen LogP contribution in [0.4, 0.5) is 0 Å². The standard InChI is InChI=1S/C19H21N3O2/c1-15(2)19(23,12-22-14-20-13-21-22)16-7-6-10-18(11-16)24-17-8-4-3-5-9-17/h3-11,13-15,23H,12H2,1-2H3. The van der Waals surface area contributed by atoms with Crippen molar-refractivity contribution in [1.29, 1.82) is 0 Å². The van der Waals surface area contributed by atoms with E-state index in [1.807, 2.05) is 68.4 Å². The van der Waals surface area contributed by atoms with Gasteiger partial charge in [0.15, 0.2) is 0 Å². The summed E-state index contributed by atoms with van der Waals surface area (Å²) in [5, 5.41) is 15.4. The molecule has 1 N–H and O–H groups in total. The summed E-state index contributed by atoms with van der Waals surface area (Å²) in [6, 6.07) is 17.2. The summed E-state index contributed by atoms with van der Waals surface area (Å²) in [6.07, 6.45) is 3.08. The lowest BCUT2D eigenvalue weighted by atomic mass is 9.83. The van der Waals surface area contributed by atoms with Crippen molar-refractivity contribution < 1.29 is 9.84 Å². The molecule has 1 unspecified atom stereocenters. The lowest BCUT2D eigenvalue weighted by Gasteiger charge is -2.32. The van der Waals surface area contributed by atoms with E-state index in [2.05, 4.69) is 10.1 Å². The van der Waals surface area contributed by atoms with Gasteiger partial charge in [0.05, 0.1) is 6.54 Å². The molecule has 1 aromatic heterocycles. The molecule has 0 aliphatic heterocycles. The highest BCUT2D eigenvalue weighted by molar-refractivity contribution is 5.36. The molecule has 3 aromatic rings. The van der Waals surface area contributed by atoms with Crippen LogP contribution in [0, 0.1) is 5.92 Å². The Morgan fingerprint density at radius 2 is 1.83 bits per heavy atom. The lowest BCUT2D eigenvalue weighted by molar-refractivity contribution is -0.0296. The first-order valence-corrected chi connectivity index (χ1v) is 7.96. The number of rotatable bonds is 6. The first kappa shape index (κ1) is 16.2. The average molecular weight is 323 g/mol. The normalized spacial score (nSPS) is 13.7. The van der Waals surface area contributed by atoms with Crippen molar-refractivity contribution in [1.82, 2.24) is 14.8 Å². The molecular formula is C19H21N3O2. The van der Waals surface area contributed by atoms with Crippen LogP contribution in [0.15, 0.2) is 67.3 Å². The summed E-state index contributed by atoms with van der Waals surface area (Å²) >= 11 is 0. The molecule has 24 heavy (non-hydrogen) atoms. The van der Waals surface area contributed by atoms with Crippen LogP contribution in [-0.4, -0.2) is 19.9 Å². The Balaban J connectivity index is 1.89. The van der Waals surface area contributed by atoms with Crippen LogP contribution in [0.1, 0.15) is 19.4 Å². The summed E-state index contributed by atoms with van der Waals surface area (Å²) in [7, 11) is 0. The van der Waals surface area contributed by atoms with Gasteiger partial charge in [-0.1, -0.05) is 44.2 Å². The third kappa shape index (κ3) is 3.46. The molecule has 0 radical (unpaired) electrons. The van der Waals surface area contributed by atoms with Crippen molar-refractivity contribution in [3.63, 3.8) is 0 Å². The number of para-hydroxylation sites is 1. The van der Waals surface area contributed by atoms with E-state index in [0.717, 1.165) is 11.3 Å². The van der Waals surface area contributed by atoms with Gasteiger partial charge in [-0.2, -0.15) is 5.10 Å². The maximum atomic E-state index is 11.3. The van der Waals surface area contributed by atoms with Crippen molar-refractivity contribution >= 4 is 0 Å². The third-order valence-electron chi connectivity index (χ3n) is 4.14. The second-order valence-electron chi connectivity index (χ2n) is 6.11. The molecule has 0 spiro atoms. The van der Waals surface area contributed by atoms with E-state index in [0.29, 0.717) is 12.3 Å². The number of aliphatic hydroxyl groups is 1. The van der Waals surface area contributed by atoms with E-state index < -0.39 is 5.60 Å². The first-order chi connectivity index (χ1) is 11.6. The molecule has 0 bridgehead atoms. The number of nitrogens with zero attached hydrogens (tertiary/aromatic N) is 3. The number of hydrogen-bond acceptors (Lipinski definition) is 4. The van der Waals surface area contributed by atoms with Crippen LogP contribution in [0.5, 0.6) is 11.5 Å². The number of aromatic nitrogens is 3. The van der Waals surface area contributed by atoms with E-state index in [9.17, 15) is 5.11 Å². The summed E-state index contributed by atoms with van der Waals surface area (Å²) in [5.74, 6) is 1.45. The predicted octanol–water partition coefficient (Wildman–Crippen LogP) is 3.61. The van der Waals surface area contributed by atoms with Crippen molar-refractivity contribution in [2.75, 3.05) is 0 Å². The topological polar surface area (TPSA) is 60.2 Å². The lowest BCUT2D eigenvalue weighted by Crippen LogP contribution is -2.37. The monoisotopic (exact) mass is 323 g/mol. The van der Waals surface area contributed by atoms with Gasteiger partial charge in [-0.25, -0.2) is 9.67 Å². The van der Waals surface area contributed by atoms with E-state index >= 15 is 0 Å². The highest BCUT2D eigenvalue weighted by Crippen LogP contribution is 2.34. The molecule has 0 fully saturated rings. The number of hydrogen-bond donors (Lipinski definition) is 1. The van der Waals surface area contributed by atoms with Crippen molar-refractivity contribution in [3.05, 3.63) is 72.8 Å². The van der Waals surface area contributed by atoms with Gasteiger partial charge in [-0.05, 0) is 35.7 Å². The molecule has 124 valence electrons. The Morgan fingerprint density at radius 1 is 1.08 bits per heavy atom. The number of ether oxygens (including phenoxy) is 1. The molecule has 2 aromatic carbocycles. The maximum absolute atomic E-state index is 11.3. The van der Waals surface area contributed by atoms with E-state index in [4.69, 9.17) is 4.74 Å². The zero-order valence-electron chi connectivity index (χ0n) is 13.8. The van der Waals surface area contributed by atoms with E-state index in [1.165, 1.54) is 6.33 Å². The number of benzene rings is 2. The quantitative estimate of drug-likeness (QED) is 0.753. The molecule has 1 heterocycles. The van der Waals surface area contributed by atoms with Crippen LogP contribution in [0.2, 0.25) is 0 Å². The molecule has 0 aliphatic carbocycles. The van der Waals surface area contributed by atoms with Crippen molar-refractivity contribution in [2.45, 2.75) is 26.0 Å². The minimum atomic E-state index is -1.07. The Kier molecular flexibility index (Phi) is 4.62. The van der Waals surface area contributed by atoms with Gasteiger partial charge in [-0.15, -0.1) is 0 Å². The molecule has 5 nitrogen and oxygen atoms in total. The van der Waals surface area contributed by atoms with Gasteiger partial charge in [0.1, 0.15) is 29.8 Å². The minimum Gasteiger partial charge on any atom is -0.457 e. The molecule has 0 aliphatic rings. The third-order valence-corrected chi connectivity index (χ3v) is 4.14. The zero-order valence-corrected chi connectivity index (χ0v) is 13.8. The molecule has 0 saturated heterocycles. The summed E-state index contributed by atoms with van der Waals surface area (Å²) < 4.78 is 7.53. The van der Waals surface area contributed by atoms with Crippen LogP contribution in [0.25, 0.3) is 0 Å². The Hall–Kier alpha value is -2.66. The van der Waals surface area contributed by atoms with E-state index in [1.54, 1.807) is 11.0 Å². The average Bonchev–Trinajstić information content (AvgIpc) is 3.08. The van der Waals surface area contributed by atoms with Gasteiger partial charge in [0, 0.05) is 0 Å². The molecule has 1 atom stereocenters. The fourth-order valence-corrected chi connectivity index (χ4v) is 2.62. The van der Waals surface area contributed by atoms with Crippen molar-refractivity contribution in [3.8, 4) is 11.5 Å². The smallest absolute Gasteiger partial charge is 0.137 e. The van der Waals surface area contributed by atoms with Gasteiger partial charge in [-0.3, -0.25) is 0 Å². The minimum absolute atomic E-state index is 0.00586. The summed E-state index contributed by atoms with van der Waals surface area (Å²) in [6.45, 7) is 4.31.